The highest BCUT2D eigenvalue weighted by atomic mass is 32.2. The second-order valence-corrected chi connectivity index (χ2v) is 6.55. The van der Waals surface area contributed by atoms with E-state index in [0.29, 0.717) is 24.8 Å². The van der Waals surface area contributed by atoms with Gasteiger partial charge in [0.1, 0.15) is 17.9 Å². The molecule has 1 saturated heterocycles. The summed E-state index contributed by atoms with van der Waals surface area (Å²) in [5.74, 6) is 3.73. The average Bonchev–Trinajstić information content (AvgIpc) is 2.77. The van der Waals surface area contributed by atoms with Crippen molar-refractivity contribution in [1.29, 1.82) is 0 Å². The summed E-state index contributed by atoms with van der Waals surface area (Å²) in [4.78, 5) is 16.3. The molecule has 0 radical (unpaired) electrons. The number of Topliss-reactive ketones (excluding diaryl/α,β-unsaturated/α-hetero) is 1. The molecule has 1 atom stereocenters. The van der Waals surface area contributed by atoms with Crippen molar-refractivity contribution < 1.29 is 4.79 Å². The summed E-state index contributed by atoms with van der Waals surface area (Å²) in [6.45, 7) is 6.10. The van der Waals surface area contributed by atoms with Gasteiger partial charge in [-0.05, 0) is 5.92 Å². The number of hydrogen-bond acceptors (Lipinski definition) is 5. The molecule has 1 aliphatic heterocycles. The monoisotopic (exact) mass is 282 g/mol. The van der Waals surface area contributed by atoms with Gasteiger partial charge in [-0.1, -0.05) is 13.8 Å². The minimum Gasteiger partial charge on any atom is -0.312 e. The zero-order valence-corrected chi connectivity index (χ0v) is 12.4. The van der Waals surface area contributed by atoms with Crippen LogP contribution >= 0.6 is 11.8 Å². The molecule has 1 unspecified atom stereocenters. The number of aromatic nitrogens is 3. The molecule has 1 aromatic heterocycles. The lowest BCUT2D eigenvalue weighted by Crippen LogP contribution is -2.39. The van der Waals surface area contributed by atoms with Crippen LogP contribution in [0.1, 0.15) is 26.1 Å². The van der Waals surface area contributed by atoms with Gasteiger partial charge in [-0.25, -0.2) is 9.67 Å². The second kappa shape index (κ2) is 7.05. The molecule has 0 bridgehead atoms. The van der Waals surface area contributed by atoms with E-state index in [1.54, 1.807) is 6.33 Å². The lowest BCUT2D eigenvalue weighted by molar-refractivity contribution is -0.119. The lowest BCUT2D eigenvalue weighted by Gasteiger charge is -2.22. The zero-order valence-electron chi connectivity index (χ0n) is 11.6. The van der Waals surface area contributed by atoms with E-state index < -0.39 is 0 Å². The van der Waals surface area contributed by atoms with E-state index in [2.05, 4.69) is 29.2 Å². The first-order chi connectivity index (χ1) is 9.15. The summed E-state index contributed by atoms with van der Waals surface area (Å²) >= 11 is 1.92. The molecule has 1 fully saturated rings. The van der Waals surface area contributed by atoms with Crippen LogP contribution in [0.5, 0.6) is 0 Å². The van der Waals surface area contributed by atoms with Crippen molar-refractivity contribution >= 4 is 17.5 Å². The molecule has 19 heavy (non-hydrogen) atoms. The van der Waals surface area contributed by atoms with Gasteiger partial charge in [0.25, 0.3) is 0 Å². The van der Waals surface area contributed by atoms with Crippen LogP contribution < -0.4 is 5.32 Å². The fraction of sp³-hybridized carbons (Fsp3) is 0.769. The normalized spacial score (nSPS) is 19.8. The molecular weight excluding hydrogens is 260 g/mol. The fourth-order valence-corrected chi connectivity index (χ4v) is 3.15. The minimum absolute atomic E-state index is 0.248. The third kappa shape index (κ3) is 4.62. The fourth-order valence-electron chi connectivity index (χ4n) is 2.20. The molecule has 106 valence electrons. The third-order valence-electron chi connectivity index (χ3n) is 3.06. The maximum atomic E-state index is 12.1. The minimum atomic E-state index is 0.248. The Morgan fingerprint density at radius 2 is 2.47 bits per heavy atom. The largest absolute Gasteiger partial charge is 0.312 e. The van der Waals surface area contributed by atoms with Crippen LogP contribution in [0.4, 0.5) is 0 Å². The standard InChI is InChI=1S/C13H22N4OS/c1-10(2)7-17-13(15-9-16-17)6-12(18)5-11-8-19-4-3-14-11/h9-11,14H,3-8H2,1-2H3. The van der Waals surface area contributed by atoms with Gasteiger partial charge in [0, 0.05) is 37.1 Å². The summed E-state index contributed by atoms with van der Waals surface area (Å²) in [7, 11) is 0. The molecule has 2 heterocycles. The van der Waals surface area contributed by atoms with Gasteiger partial charge >= 0.3 is 0 Å². The van der Waals surface area contributed by atoms with Crippen LogP contribution in [-0.4, -0.2) is 44.6 Å². The molecule has 1 N–H and O–H groups in total. The molecule has 1 aromatic rings. The predicted octanol–water partition coefficient (Wildman–Crippen LogP) is 1.14. The molecular formula is C13H22N4OS. The SMILES string of the molecule is CC(C)Cn1ncnc1CC(=O)CC1CSCCN1. The van der Waals surface area contributed by atoms with Gasteiger partial charge in [0.2, 0.25) is 0 Å². The Morgan fingerprint density at radius 1 is 1.63 bits per heavy atom. The molecule has 0 spiro atoms. The second-order valence-electron chi connectivity index (χ2n) is 5.40. The quantitative estimate of drug-likeness (QED) is 0.848. The molecule has 0 saturated carbocycles. The number of ketones is 1. The van der Waals surface area contributed by atoms with Crippen molar-refractivity contribution in [2.24, 2.45) is 5.92 Å². The Bertz CT molecular complexity index is 413. The number of carbonyl (C=O) groups is 1. The van der Waals surface area contributed by atoms with Crippen molar-refractivity contribution in [3.8, 4) is 0 Å². The summed E-state index contributed by atoms with van der Waals surface area (Å²) < 4.78 is 1.85. The summed E-state index contributed by atoms with van der Waals surface area (Å²) in [6, 6.07) is 0.327. The highest BCUT2D eigenvalue weighted by molar-refractivity contribution is 7.99. The number of rotatable bonds is 6. The van der Waals surface area contributed by atoms with E-state index in [9.17, 15) is 4.79 Å². The maximum Gasteiger partial charge on any atom is 0.142 e. The Kier molecular flexibility index (Phi) is 5.39. The van der Waals surface area contributed by atoms with E-state index in [1.807, 2.05) is 16.4 Å². The van der Waals surface area contributed by atoms with Gasteiger partial charge < -0.3 is 5.32 Å². The lowest BCUT2D eigenvalue weighted by atomic mass is 10.1. The van der Waals surface area contributed by atoms with Crippen molar-refractivity contribution in [1.82, 2.24) is 20.1 Å². The molecule has 0 amide bonds. The number of carbonyl (C=O) groups excluding carboxylic acids is 1. The number of thioether (sulfide) groups is 1. The van der Waals surface area contributed by atoms with E-state index in [-0.39, 0.29) is 5.78 Å². The Hall–Kier alpha value is -0.880. The number of nitrogens with zero attached hydrogens (tertiary/aromatic N) is 3. The van der Waals surface area contributed by atoms with Gasteiger partial charge in [0.05, 0.1) is 6.42 Å². The summed E-state index contributed by atoms with van der Waals surface area (Å²) in [6.07, 6.45) is 2.54. The third-order valence-corrected chi connectivity index (χ3v) is 4.19. The smallest absolute Gasteiger partial charge is 0.142 e. The molecule has 1 aliphatic rings. The van der Waals surface area contributed by atoms with E-state index >= 15 is 0 Å². The maximum absolute atomic E-state index is 12.1. The van der Waals surface area contributed by atoms with Crippen molar-refractivity contribution in [2.45, 2.75) is 39.3 Å². The first-order valence-corrected chi connectivity index (χ1v) is 8.00. The highest BCUT2D eigenvalue weighted by Crippen LogP contribution is 2.12. The highest BCUT2D eigenvalue weighted by Gasteiger charge is 2.18. The molecule has 2 rings (SSSR count). The molecule has 6 heteroatoms. The van der Waals surface area contributed by atoms with Crippen LogP contribution in [0.2, 0.25) is 0 Å². The molecule has 0 aliphatic carbocycles. The summed E-state index contributed by atoms with van der Waals surface area (Å²) in [5, 5.41) is 7.58. The summed E-state index contributed by atoms with van der Waals surface area (Å²) in [5.41, 5.74) is 0. The Balaban J connectivity index is 1.86. The van der Waals surface area contributed by atoms with E-state index in [4.69, 9.17) is 0 Å². The van der Waals surface area contributed by atoms with E-state index in [0.717, 1.165) is 30.4 Å². The number of nitrogens with one attached hydrogen (secondary N) is 1. The van der Waals surface area contributed by atoms with Gasteiger partial charge in [-0.15, -0.1) is 0 Å². The van der Waals surface area contributed by atoms with Crippen LogP contribution in [0.25, 0.3) is 0 Å². The van der Waals surface area contributed by atoms with Gasteiger partial charge in [-0.3, -0.25) is 4.79 Å². The Labute approximate surface area is 118 Å². The van der Waals surface area contributed by atoms with Crippen LogP contribution in [-0.2, 0) is 17.8 Å². The topological polar surface area (TPSA) is 59.8 Å². The average molecular weight is 282 g/mol. The zero-order chi connectivity index (χ0) is 13.7. The van der Waals surface area contributed by atoms with Crippen molar-refractivity contribution in [3.05, 3.63) is 12.2 Å². The Morgan fingerprint density at radius 3 is 3.16 bits per heavy atom. The van der Waals surface area contributed by atoms with E-state index in [1.165, 1.54) is 0 Å². The van der Waals surface area contributed by atoms with Crippen LogP contribution in [0.3, 0.4) is 0 Å². The van der Waals surface area contributed by atoms with Crippen LogP contribution in [0.15, 0.2) is 6.33 Å². The molecule has 5 nitrogen and oxygen atoms in total. The molecule has 0 aromatic carbocycles. The van der Waals surface area contributed by atoms with Crippen molar-refractivity contribution in [3.63, 3.8) is 0 Å². The van der Waals surface area contributed by atoms with Crippen molar-refractivity contribution in [2.75, 3.05) is 18.1 Å². The predicted molar refractivity (Wildman–Crippen MR) is 77.3 cm³/mol. The number of hydrogen-bond donors (Lipinski definition) is 1. The first-order valence-electron chi connectivity index (χ1n) is 6.84. The first kappa shape index (κ1) is 14.5. The van der Waals surface area contributed by atoms with Gasteiger partial charge in [0.15, 0.2) is 0 Å². The van der Waals surface area contributed by atoms with Crippen LogP contribution in [0, 0.1) is 5.92 Å². The van der Waals surface area contributed by atoms with Gasteiger partial charge in [-0.2, -0.15) is 16.9 Å².